The summed E-state index contributed by atoms with van der Waals surface area (Å²) in [6, 6.07) is 8.05. The Balaban J connectivity index is 2.10. The molecule has 0 saturated heterocycles. The van der Waals surface area contributed by atoms with Gasteiger partial charge in [0, 0.05) is 13.0 Å². The van der Waals surface area contributed by atoms with Crippen molar-refractivity contribution in [2.75, 3.05) is 19.8 Å². The van der Waals surface area contributed by atoms with Gasteiger partial charge in [0.05, 0.1) is 13.2 Å². The van der Waals surface area contributed by atoms with Crippen LogP contribution in [0, 0.1) is 0 Å². The molecule has 1 aromatic rings. The first-order valence-electron chi connectivity index (χ1n) is 6.84. The van der Waals surface area contributed by atoms with Crippen LogP contribution in [-0.2, 0) is 16.1 Å². The van der Waals surface area contributed by atoms with Crippen molar-refractivity contribution in [1.29, 1.82) is 0 Å². The fourth-order valence-corrected chi connectivity index (χ4v) is 1.59. The predicted octanol–water partition coefficient (Wildman–Crippen LogP) is 2.52. The summed E-state index contributed by atoms with van der Waals surface area (Å²) in [4.78, 5) is 10.9. The van der Waals surface area contributed by atoms with Crippen LogP contribution < -0.4 is 10.1 Å². The van der Waals surface area contributed by atoms with E-state index in [1.165, 1.54) is 5.56 Å². The Bertz CT molecular complexity index is 362. The summed E-state index contributed by atoms with van der Waals surface area (Å²) in [6.07, 6.45) is 1.28. The maximum Gasteiger partial charge on any atom is 0.305 e. The van der Waals surface area contributed by atoms with Gasteiger partial charge in [0.2, 0.25) is 0 Å². The number of carbonyl (C=O) groups excluding carboxylic acids is 1. The highest BCUT2D eigenvalue weighted by Gasteiger charge is 1.98. The van der Waals surface area contributed by atoms with E-state index in [0.717, 1.165) is 25.3 Å². The molecule has 1 aromatic carbocycles. The van der Waals surface area contributed by atoms with Crippen molar-refractivity contribution in [2.45, 2.75) is 33.2 Å². The smallest absolute Gasteiger partial charge is 0.305 e. The topological polar surface area (TPSA) is 47.6 Å². The molecule has 1 N–H and O–H groups in total. The summed E-state index contributed by atoms with van der Waals surface area (Å²) in [5, 5.41) is 3.31. The molecule has 0 aliphatic rings. The minimum Gasteiger partial charge on any atom is -0.494 e. The molecule has 0 aromatic heterocycles. The molecule has 0 amide bonds. The Kier molecular flexibility index (Phi) is 7.66. The maximum atomic E-state index is 10.9. The minimum absolute atomic E-state index is 0.133. The second-order valence-corrected chi connectivity index (χ2v) is 4.18. The van der Waals surface area contributed by atoms with Crippen LogP contribution in [0.4, 0.5) is 0 Å². The lowest BCUT2D eigenvalue weighted by atomic mass is 10.2. The molecular weight excluding hydrogens is 242 g/mol. The van der Waals surface area contributed by atoms with Crippen molar-refractivity contribution in [2.24, 2.45) is 0 Å². The van der Waals surface area contributed by atoms with Gasteiger partial charge in [-0.15, -0.1) is 0 Å². The van der Waals surface area contributed by atoms with Gasteiger partial charge in [0.15, 0.2) is 0 Å². The lowest BCUT2D eigenvalue weighted by Gasteiger charge is -2.07. The summed E-state index contributed by atoms with van der Waals surface area (Å²) in [6.45, 7) is 6.60. The van der Waals surface area contributed by atoms with E-state index in [4.69, 9.17) is 9.47 Å². The molecule has 0 unspecified atom stereocenters. The summed E-state index contributed by atoms with van der Waals surface area (Å²) < 4.78 is 10.4. The first-order valence-corrected chi connectivity index (χ1v) is 6.84. The van der Waals surface area contributed by atoms with Crippen LogP contribution in [0.3, 0.4) is 0 Å². The van der Waals surface area contributed by atoms with Crippen LogP contribution in [0.1, 0.15) is 32.3 Å². The fourth-order valence-electron chi connectivity index (χ4n) is 1.59. The van der Waals surface area contributed by atoms with Crippen LogP contribution in [0.5, 0.6) is 5.75 Å². The first-order chi connectivity index (χ1) is 9.26. The highest BCUT2D eigenvalue weighted by Crippen LogP contribution is 2.11. The van der Waals surface area contributed by atoms with Crippen molar-refractivity contribution in [3.8, 4) is 5.75 Å². The second kappa shape index (κ2) is 9.39. The van der Waals surface area contributed by atoms with Crippen molar-refractivity contribution in [3.63, 3.8) is 0 Å². The van der Waals surface area contributed by atoms with Crippen LogP contribution in [0.25, 0.3) is 0 Å². The Hall–Kier alpha value is -1.55. The van der Waals surface area contributed by atoms with Crippen LogP contribution in [0.15, 0.2) is 24.3 Å². The molecule has 0 aliphatic heterocycles. The van der Waals surface area contributed by atoms with Crippen molar-refractivity contribution >= 4 is 5.97 Å². The van der Waals surface area contributed by atoms with Crippen LogP contribution >= 0.6 is 0 Å². The fraction of sp³-hybridized carbons (Fsp3) is 0.533. The molecule has 0 heterocycles. The largest absolute Gasteiger partial charge is 0.494 e. The molecule has 19 heavy (non-hydrogen) atoms. The number of ether oxygens (including phenoxy) is 2. The lowest BCUT2D eigenvalue weighted by Crippen LogP contribution is -2.17. The Labute approximate surface area is 115 Å². The average Bonchev–Trinajstić information content (AvgIpc) is 2.44. The Morgan fingerprint density at radius 3 is 2.58 bits per heavy atom. The standard InChI is InChI=1S/C15H23NO3/c1-3-15(17)19-11-5-10-16-12-13-6-8-14(9-7-13)18-4-2/h6-9,16H,3-5,10-12H2,1-2H3. The molecule has 0 fully saturated rings. The molecule has 4 heteroatoms. The second-order valence-electron chi connectivity index (χ2n) is 4.18. The van der Waals surface area contributed by atoms with E-state index in [9.17, 15) is 4.79 Å². The van der Waals surface area contributed by atoms with Gasteiger partial charge in [0.1, 0.15) is 5.75 Å². The van der Waals surface area contributed by atoms with Gasteiger partial charge in [-0.25, -0.2) is 0 Å². The number of benzene rings is 1. The summed E-state index contributed by atoms with van der Waals surface area (Å²) >= 11 is 0. The molecular formula is C15H23NO3. The monoisotopic (exact) mass is 265 g/mol. The molecule has 0 atom stereocenters. The zero-order valence-corrected chi connectivity index (χ0v) is 11.8. The van der Waals surface area contributed by atoms with Crippen LogP contribution in [0.2, 0.25) is 0 Å². The van der Waals surface area contributed by atoms with E-state index >= 15 is 0 Å². The first kappa shape index (κ1) is 15.5. The molecule has 4 nitrogen and oxygen atoms in total. The third-order valence-corrected chi connectivity index (χ3v) is 2.61. The van der Waals surface area contributed by atoms with E-state index in [2.05, 4.69) is 17.4 Å². The van der Waals surface area contributed by atoms with Gasteiger partial charge in [-0.1, -0.05) is 19.1 Å². The van der Waals surface area contributed by atoms with Gasteiger partial charge in [-0.3, -0.25) is 4.79 Å². The van der Waals surface area contributed by atoms with Crippen LogP contribution in [-0.4, -0.2) is 25.7 Å². The number of hydrogen-bond donors (Lipinski definition) is 1. The normalized spacial score (nSPS) is 10.2. The van der Waals surface area contributed by atoms with E-state index in [1.807, 2.05) is 19.1 Å². The highest BCUT2D eigenvalue weighted by atomic mass is 16.5. The van der Waals surface area contributed by atoms with Crippen molar-refractivity contribution < 1.29 is 14.3 Å². The Morgan fingerprint density at radius 1 is 1.21 bits per heavy atom. The number of hydrogen-bond acceptors (Lipinski definition) is 4. The van der Waals surface area contributed by atoms with E-state index < -0.39 is 0 Å². The maximum absolute atomic E-state index is 10.9. The number of rotatable bonds is 9. The van der Waals surface area contributed by atoms with Gasteiger partial charge in [-0.05, 0) is 37.6 Å². The zero-order chi connectivity index (χ0) is 13.9. The predicted molar refractivity (Wildman–Crippen MR) is 75.2 cm³/mol. The van der Waals surface area contributed by atoms with E-state index in [-0.39, 0.29) is 5.97 Å². The van der Waals surface area contributed by atoms with Gasteiger partial charge < -0.3 is 14.8 Å². The molecule has 0 radical (unpaired) electrons. The quantitative estimate of drug-likeness (QED) is 0.550. The molecule has 0 bridgehead atoms. The highest BCUT2D eigenvalue weighted by molar-refractivity contribution is 5.68. The number of carbonyl (C=O) groups is 1. The number of esters is 1. The molecule has 106 valence electrons. The summed E-state index contributed by atoms with van der Waals surface area (Å²) in [7, 11) is 0. The summed E-state index contributed by atoms with van der Waals surface area (Å²) in [5.41, 5.74) is 1.22. The van der Waals surface area contributed by atoms with Gasteiger partial charge in [-0.2, -0.15) is 0 Å². The van der Waals surface area contributed by atoms with Gasteiger partial charge in [0.25, 0.3) is 0 Å². The number of nitrogens with one attached hydrogen (secondary N) is 1. The van der Waals surface area contributed by atoms with Crippen molar-refractivity contribution in [1.82, 2.24) is 5.32 Å². The zero-order valence-electron chi connectivity index (χ0n) is 11.8. The van der Waals surface area contributed by atoms with Gasteiger partial charge >= 0.3 is 5.97 Å². The third-order valence-electron chi connectivity index (χ3n) is 2.61. The SMILES string of the molecule is CCOc1ccc(CNCCCOC(=O)CC)cc1. The lowest BCUT2D eigenvalue weighted by molar-refractivity contribution is -0.143. The molecule has 1 rings (SSSR count). The molecule has 0 aliphatic carbocycles. The minimum atomic E-state index is -0.133. The van der Waals surface area contributed by atoms with E-state index in [0.29, 0.717) is 19.6 Å². The summed E-state index contributed by atoms with van der Waals surface area (Å²) in [5.74, 6) is 0.768. The Morgan fingerprint density at radius 2 is 1.95 bits per heavy atom. The third kappa shape index (κ3) is 6.82. The average molecular weight is 265 g/mol. The van der Waals surface area contributed by atoms with Crippen molar-refractivity contribution in [3.05, 3.63) is 29.8 Å². The molecule has 0 spiro atoms. The van der Waals surface area contributed by atoms with E-state index in [1.54, 1.807) is 6.92 Å². The molecule has 0 saturated carbocycles.